The average molecular weight is 354 g/mol. The Bertz CT molecular complexity index is 786. The number of carbonyl (C=O) groups is 1. The summed E-state index contributed by atoms with van der Waals surface area (Å²) in [6.45, 7) is 10.1. The molecule has 1 saturated heterocycles. The van der Waals surface area contributed by atoms with Gasteiger partial charge in [-0.1, -0.05) is 50.2 Å². The lowest BCUT2D eigenvalue weighted by molar-refractivity contribution is -0.127. The highest BCUT2D eigenvalue weighted by Gasteiger charge is 2.36. The van der Waals surface area contributed by atoms with E-state index in [1.54, 1.807) is 0 Å². The minimum Gasteiger partial charge on any atom is -0.348 e. The van der Waals surface area contributed by atoms with Crippen LogP contribution in [0.3, 0.4) is 0 Å². The fraction of sp³-hybridized carbons (Fsp3) is 0.500. The minimum atomic E-state index is -0.148. The van der Waals surface area contributed by atoms with Crippen molar-refractivity contribution in [1.82, 2.24) is 10.2 Å². The van der Waals surface area contributed by atoms with Crippen molar-refractivity contribution in [2.45, 2.75) is 52.2 Å². The van der Waals surface area contributed by atoms with Crippen LogP contribution in [0.4, 0.5) is 0 Å². The van der Waals surface area contributed by atoms with E-state index in [1.807, 2.05) is 26.0 Å². The molecule has 0 bridgehead atoms. The van der Waals surface area contributed by atoms with Gasteiger partial charge in [0.25, 0.3) is 0 Å². The Morgan fingerprint density at radius 3 is 2.58 bits per heavy atom. The number of nitrogens with zero attached hydrogens (tertiary/aromatic N) is 1. The fourth-order valence-corrected chi connectivity index (χ4v) is 3.81. The van der Waals surface area contributed by atoms with Gasteiger partial charge in [-0.3, -0.25) is 9.69 Å². The predicted octanol–water partition coefficient (Wildman–Crippen LogP) is 3.46. The van der Waals surface area contributed by atoms with Crippen molar-refractivity contribution in [3.8, 4) is 0 Å². The first-order valence-electron chi connectivity index (χ1n) is 9.56. The predicted molar refractivity (Wildman–Crippen MR) is 108 cm³/mol. The molecular weight excluding hydrogens is 322 g/mol. The maximum atomic E-state index is 12.8. The summed E-state index contributed by atoms with van der Waals surface area (Å²) in [4.78, 5) is 15.1. The van der Waals surface area contributed by atoms with Gasteiger partial charge in [0, 0.05) is 19.1 Å². The third kappa shape index (κ3) is 3.92. The molecule has 0 radical (unpaired) electrons. The molecule has 0 saturated carbocycles. The van der Waals surface area contributed by atoms with Crippen LogP contribution in [-0.4, -0.2) is 36.0 Å². The van der Waals surface area contributed by atoms with Crippen LogP contribution in [-0.2, 0) is 4.79 Å². The summed E-state index contributed by atoms with van der Waals surface area (Å²) in [5.41, 5.74) is 7.39. The van der Waals surface area contributed by atoms with Gasteiger partial charge in [-0.05, 0) is 48.1 Å². The van der Waals surface area contributed by atoms with Gasteiger partial charge < -0.3 is 11.1 Å². The van der Waals surface area contributed by atoms with Gasteiger partial charge in [-0.15, -0.1) is 0 Å². The number of hydrogen-bond donors (Lipinski definition) is 2. The van der Waals surface area contributed by atoms with E-state index in [4.69, 9.17) is 5.73 Å². The van der Waals surface area contributed by atoms with Crippen LogP contribution in [0.5, 0.6) is 0 Å². The van der Waals surface area contributed by atoms with Crippen molar-refractivity contribution in [2.24, 2.45) is 11.1 Å². The number of carbonyl (C=O) groups excluding carboxylic acids is 1. The quantitative estimate of drug-likeness (QED) is 0.885. The zero-order valence-corrected chi connectivity index (χ0v) is 16.3. The second kappa shape index (κ2) is 7.37. The second-order valence-corrected chi connectivity index (χ2v) is 8.37. The summed E-state index contributed by atoms with van der Waals surface area (Å²) in [6.07, 6.45) is 0.935. The maximum absolute atomic E-state index is 12.8. The highest BCUT2D eigenvalue weighted by Crippen LogP contribution is 2.29. The molecule has 26 heavy (non-hydrogen) atoms. The topological polar surface area (TPSA) is 58.4 Å². The summed E-state index contributed by atoms with van der Waals surface area (Å²) < 4.78 is 0. The first-order valence-corrected chi connectivity index (χ1v) is 9.56. The monoisotopic (exact) mass is 353 g/mol. The van der Waals surface area contributed by atoms with Crippen molar-refractivity contribution in [1.29, 1.82) is 0 Å². The molecule has 2 aromatic carbocycles. The molecule has 140 valence electrons. The van der Waals surface area contributed by atoms with E-state index < -0.39 is 0 Å². The van der Waals surface area contributed by atoms with Gasteiger partial charge in [-0.25, -0.2) is 0 Å². The molecule has 1 amide bonds. The summed E-state index contributed by atoms with van der Waals surface area (Å²) in [5.74, 6) is 0.0805. The molecule has 3 N–H and O–H groups in total. The van der Waals surface area contributed by atoms with E-state index >= 15 is 0 Å². The van der Waals surface area contributed by atoms with Gasteiger partial charge >= 0.3 is 0 Å². The molecule has 1 aliphatic rings. The molecular formula is C22H31N3O. The van der Waals surface area contributed by atoms with E-state index in [2.05, 4.69) is 54.4 Å². The van der Waals surface area contributed by atoms with Crippen LogP contribution in [0.1, 0.15) is 45.7 Å². The summed E-state index contributed by atoms with van der Waals surface area (Å²) in [6, 6.07) is 14.7. The van der Waals surface area contributed by atoms with Gasteiger partial charge in [-0.2, -0.15) is 0 Å². The summed E-state index contributed by atoms with van der Waals surface area (Å²) in [7, 11) is 0. The molecule has 3 atom stereocenters. The van der Waals surface area contributed by atoms with Gasteiger partial charge in [0.05, 0.1) is 12.1 Å². The molecule has 4 nitrogen and oxygen atoms in total. The van der Waals surface area contributed by atoms with E-state index in [1.165, 1.54) is 10.8 Å². The third-order valence-corrected chi connectivity index (χ3v) is 5.90. The Labute approximate surface area is 156 Å². The molecule has 1 heterocycles. The van der Waals surface area contributed by atoms with Crippen LogP contribution in [0.2, 0.25) is 0 Å². The lowest BCUT2D eigenvalue weighted by atomic mass is 9.79. The lowest BCUT2D eigenvalue weighted by Crippen LogP contribution is -2.57. The zero-order chi connectivity index (χ0) is 18.9. The first-order chi connectivity index (χ1) is 12.3. The number of benzene rings is 2. The molecule has 0 aromatic heterocycles. The van der Waals surface area contributed by atoms with Crippen molar-refractivity contribution < 1.29 is 4.79 Å². The van der Waals surface area contributed by atoms with Crippen LogP contribution >= 0.6 is 0 Å². The maximum Gasteiger partial charge on any atom is 0.237 e. The van der Waals surface area contributed by atoms with Crippen molar-refractivity contribution >= 4 is 16.7 Å². The van der Waals surface area contributed by atoms with Crippen LogP contribution in [0.25, 0.3) is 10.8 Å². The summed E-state index contributed by atoms with van der Waals surface area (Å²) >= 11 is 0. The first kappa shape index (κ1) is 18.9. The number of nitrogens with one attached hydrogen (secondary N) is 1. The largest absolute Gasteiger partial charge is 0.348 e. The Morgan fingerprint density at radius 1 is 1.19 bits per heavy atom. The number of piperidine rings is 1. The molecule has 3 rings (SSSR count). The molecule has 2 aromatic rings. The minimum absolute atomic E-state index is 0.0189. The molecule has 0 aliphatic carbocycles. The van der Waals surface area contributed by atoms with E-state index in [9.17, 15) is 4.79 Å². The SMILES string of the molecule is CC(NC(=O)C(C)N1CCC(N)C(C)(C)C1)c1ccc2ccccc2c1. The van der Waals surface area contributed by atoms with Crippen LogP contribution < -0.4 is 11.1 Å². The molecule has 0 spiro atoms. The molecule has 1 aliphatic heterocycles. The Kier molecular flexibility index (Phi) is 5.35. The smallest absolute Gasteiger partial charge is 0.237 e. The summed E-state index contributed by atoms with van der Waals surface area (Å²) in [5, 5.41) is 5.60. The van der Waals surface area contributed by atoms with Crippen molar-refractivity contribution in [3.05, 3.63) is 48.0 Å². The average Bonchev–Trinajstić information content (AvgIpc) is 2.62. The van der Waals surface area contributed by atoms with Gasteiger partial charge in [0.1, 0.15) is 0 Å². The standard InChI is InChI=1S/C22H31N3O/c1-15(18-10-9-17-7-5-6-8-19(17)13-18)24-21(26)16(2)25-12-11-20(23)22(3,4)14-25/h5-10,13,15-16,20H,11-12,14,23H2,1-4H3,(H,24,26). The highest BCUT2D eigenvalue weighted by molar-refractivity contribution is 5.84. The zero-order valence-electron chi connectivity index (χ0n) is 16.3. The Balaban J connectivity index is 1.66. The third-order valence-electron chi connectivity index (χ3n) is 5.90. The van der Waals surface area contributed by atoms with E-state index in [-0.39, 0.29) is 29.4 Å². The number of nitrogens with two attached hydrogens (primary N) is 1. The lowest BCUT2D eigenvalue weighted by Gasteiger charge is -2.44. The van der Waals surface area contributed by atoms with Gasteiger partial charge in [0.2, 0.25) is 5.91 Å². The molecule has 3 unspecified atom stereocenters. The Hall–Kier alpha value is -1.91. The normalized spacial score (nSPS) is 22.7. The van der Waals surface area contributed by atoms with Crippen LogP contribution in [0.15, 0.2) is 42.5 Å². The Morgan fingerprint density at radius 2 is 1.88 bits per heavy atom. The van der Waals surface area contributed by atoms with Crippen molar-refractivity contribution in [2.75, 3.05) is 13.1 Å². The highest BCUT2D eigenvalue weighted by atomic mass is 16.2. The van der Waals surface area contributed by atoms with Gasteiger partial charge in [0.15, 0.2) is 0 Å². The fourth-order valence-electron chi connectivity index (χ4n) is 3.81. The van der Waals surface area contributed by atoms with E-state index in [0.717, 1.165) is 25.1 Å². The van der Waals surface area contributed by atoms with E-state index in [0.29, 0.717) is 0 Å². The number of amides is 1. The second-order valence-electron chi connectivity index (χ2n) is 8.37. The number of rotatable bonds is 4. The molecule has 4 heteroatoms. The number of hydrogen-bond acceptors (Lipinski definition) is 3. The number of fused-ring (bicyclic) bond motifs is 1. The van der Waals surface area contributed by atoms with Crippen molar-refractivity contribution in [3.63, 3.8) is 0 Å². The van der Waals surface area contributed by atoms with Crippen LogP contribution in [0, 0.1) is 5.41 Å². The number of likely N-dealkylation sites (tertiary alicyclic amines) is 1. The molecule has 1 fully saturated rings.